The first kappa shape index (κ1) is 20.3. The van der Waals surface area contributed by atoms with Crippen LogP contribution in [0.2, 0.25) is 10.0 Å². The standard InChI is InChI=1S/C18H27Cl2N3O2/c1-21-18(22-8-3-10-24-12-14-7-11-25-13-14)23-9-6-15-16(19)4-2-5-17(15)20/h2,4-5,14H,3,6-13H2,1H3,(H2,21,22,23). The number of nitrogens with one attached hydrogen (secondary N) is 2. The fourth-order valence-corrected chi connectivity index (χ4v) is 3.23. The lowest BCUT2D eigenvalue weighted by molar-refractivity contribution is 0.0888. The van der Waals surface area contributed by atoms with Crippen molar-refractivity contribution in [3.8, 4) is 0 Å². The average Bonchev–Trinajstić information content (AvgIpc) is 3.12. The van der Waals surface area contributed by atoms with E-state index in [2.05, 4.69) is 15.6 Å². The van der Waals surface area contributed by atoms with Crippen molar-refractivity contribution in [3.63, 3.8) is 0 Å². The van der Waals surface area contributed by atoms with E-state index in [-0.39, 0.29) is 0 Å². The molecule has 1 saturated heterocycles. The lowest BCUT2D eigenvalue weighted by atomic mass is 10.1. The van der Waals surface area contributed by atoms with Crippen LogP contribution in [-0.4, -0.2) is 52.5 Å². The number of hydrogen-bond donors (Lipinski definition) is 2. The Bertz CT molecular complexity index is 529. The van der Waals surface area contributed by atoms with Crippen LogP contribution in [0.15, 0.2) is 23.2 Å². The molecular formula is C18H27Cl2N3O2. The number of rotatable bonds is 9. The van der Waals surface area contributed by atoms with Gasteiger partial charge in [-0.05, 0) is 37.0 Å². The van der Waals surface area contributed by atoms with Crippen molar-refractivity contribution >= 4 is 29.2 Å². The molecule has 1 aromatic carbocycles. The molecule has 7 heteroatoms. The van der Waals surface area contributed by atoms with Crippen molar-refractivity contribution in [1.82, 2.24) is 10.6 Å². The van der Waals surface area contributed by atoms with Gasteiger partial charge in [0.2, 0.25) is 0 Å². The second-order valence-electron chi connectivity index (χ2n) is 6.03. The third kappa shape index (κ3) is 7.40. The Morgan fingerprint density at radius 2 is 2.04 bits per heavy atom. The Kier molecular flexibility index (Phi) is 9.40. The highest BCUT2D eigenvalue weighted by atomic mass is 35.5. The minimum Gasteiger partial charge on any atom is -0.381 e. The van der Waals surface area contributed by atoms with Gasteiger partial charge < -0.3 is 20.1 Å². The summed E-state index contributed by atoms with van der Waals surface area (Å²) in [6.07, 6.45) is 2.79. The molecule has 2 rings (SSSR count). The van der Waals surface area contributed by atoms with Gasteiger partial charge in [-0.15, -0.1) is 0 Å². The summed E-state index contributed by atoms with van der Waals surface area (Å²) in [6, 6.07) is 5.56. The zero-order valence-electron chi connectivity index (χ0n) is 14.7. The molecule has 1 aliphatic rings. The molecule has 1 aromatic rings. The van der Waals surface area contributed by atoms with Crippen LogP contribution in [-0.2, 0) is 15.9 Å². The van der Waals surface area contributed by atoms with Gasteiger partial charge in [0.05, 0.1) is 13.2 Å². The molecule has 1 atom stereocenters. The molecule has 0 aliphatic carbocycles. The fraction of sp³-hybridized carbons (Fsp3) is 0.611. The first-order chi connectivity index (χ1) is 12.2. The summed E-state index contributed by atoms with van der Waals surface area (Å²) >= 11 is 12.4. The van der Waals surface area contributed by atoms with Gasteiger partial charge in [0, 0.05) is 49.3 Å². The maximum atomic E-state index is 6.18. The van der Waals surface area contributed by atoms with E-state index < -0.39 is 0 Å². The summed E-state index contributed by atoms with van der Waals surface area (Å²) in [5.41, 5.74) is 0.957. The molecule has 0 amide bonds. The molecule has 140 valence electrons. The summed E-state index contributed by atoms with van der Waals surface area (Å²) in [5, 5.41) is 7.95. The van der Waals surface area contributed by atoms with E-state index in [0.29, 0.717) is 22.5 Å². The van der Waals surface area contributed by atoms with Crippen LogP contribution in [0.5, 0.6) is 0 Å². The minimum atomic E-state index is 0.569. The summed E-state index contributed by atoms with van der Waals surface area (Å²) in [7, 11) is 1.76. The molecule has 0 spiro atoms. The van der Waals surface area contributed by atoms with E-state index in [0.717, 1.165) is 63.8 Å². The minimum absolute atomic E-state index is 0.569. The highest BCUT2D eigenvalue weighted by Crippen LogP contribution is 2.24. The van der Waals surface area contributed by atoms with E-state index in [4.69, 9.17) is 32.7 Å². The zero-order valence-corrected chi connectivity index (χ0v) is 16.2. The topological polar surface area (TPSA) is 54.9 Å². The predicted molar refractivity (Wildman–Crippen MR) is 104 cm³/mol. The van der Waals surface area contributed by atoms with E-state index in [9.17, 15) is 0 Å². The van der Waals surface area contributed by atoms with Crippen molar-refractivity contribution < 1.29 is 9.47 Å². The molecule has 25 heavy (non-hydrogen) atoms. The second-order valence-corrected chi connectivity index (χ2v) is 6.85. The van der Waals surface area contributed by atoms with Crippen LogP contribution in [0.1, 0.15) is 18.4 Å². The van der Waals surface area contributed by atoms with Gasteiger partial charge in [-0.25, -0.2) is 0 Å². The van der Waals surface area contributed by atoms with Crippen LogP contribution >= 0.6 is 23.2 Å². The number of ether oxygens (including phenoxy) is 2. The van der Waals surface area contributed by atoms with Crippen LogP contribution in [0.25, 0.3) is 0 Å². The first-order valence-corrected chi connectivity index (χ1v) is 9.49. The summed E-state index contributed by atoms with van der Waals surface area (Å²) in [6.45, 7) is 4.78. The zero-order chi connectivity index (χ0) is 17.9. The van der Waals surface area contributed by atoms with Crippen LogP contribution in [0.4, 0.5) is 0 Å². The van der Waals surface area contributed by atoms with E-state index in [1.165, 1.54) is 0 Å². The van der Waals surface area contributed by atoms with Crippen molar-refractivity contribution in [1.29, 1.82) is 0 Å². The lowest BCUT2D eigenvalue weighted by Gasteiger charge is -2.13. The highest BCUT2D eigenvalue weighted by Gasteiger charge is 2.15. The summed E-state index contributed by atoms with van der Waals surface area (Å²) in [4.78, 5) is 4.22. The molecule has 1 unspecified atom stereocenters. The number of halogens is 2. The first-order valence-electron chi connectivity index (χ1n) is 8.73. The van der Waals surface area contributed by atoms with E-state index in [1.807, 2.05) is 18.2 Å². The van der Waals surface area contributed by atoms with Gasteiger partial charge in [-0.1, -0.05) is 29.3 Å². The van der Waals surface area contributed by atoms with Crippen LogP contribution in [0.3, 0.4) is 0 Å². The molecule has 0 radical (unpaired) electrons. The largest absolute Gasteiger partial charge is 0.381 e. The molecule has 0 saturated carbocycles. The lowest BCUT2D eigenvalue weighted by Crippen LogP contribution is -2.39. The molecule has 1 heterocycles. The summed E-state index contributed by atoms with van der Waals surface area (Å²) in [5.74, 6) is 1.34. The normalized spacial score (nSPS) is 17.7. The fourth-order valence-electron chi connectivity index (χ4n) is 2.64. The van der Waals surface area contributed by atoms with Crippen molar-refractivity contribution in [2.24, 2.45) is 10.9 Å². The Balaban J connectivity index is 1.56. The summed E-state index contributed by atoms with van der Waals surface area (Å²) < 4.78 is 11.0. The maximum absolute atomic E-state index is 6.18. The molecule has 1 fully saturated rings. The second kappa shape index (κ2) is 11.6. The van der Waals surface area contributed by atoms with Gasteiger partial charge in [0.1, 0.15) is 0 Å². The molecule has 0 bridgehead atoms. The number of nitrogens with zero attached hydrogens (tertiary/aromatic N) is 1. The number of guanidine groups is 1. The molecule has 5 nitrogen and oxygen atoms in total. The van der Waals surface area contributed by atoms with Gasteiger partial charge in [0.15, 0.2) is 5.96 Å². The SMILES string of the molecule is CN=C(NCCCOCC1CCOC1)NCCc1c(Cl)cccc1Cl. The predicted octanol–water partition coefficient (Wildman–Crippen LogP) is 3.14. The van der Waals surface area contributed by atoms with Gasteiger partial charge in [0.25, 0.3) is 0 Å². The van der Waals surface area contributed by atoms with E-state index >= 15 is 0 Å². The number of benzene rings is 1. The van der Waals surface area contributed by atoms with Crippen molar-refractivity contribution in [3.05, 3.63) is 33.8 Å². The van der Waals surface area contributed by atoms with Crippen molar-refractivity contribution in [2.45, 2.75) is 19.3 Å². The quantitative estimate of drug-likeness (QED) is 0.388. The van der Waals surface area contributed by atoms with Crippen LogP contribution < -0.4 is 10.6 Å². The number of aliphatic imine (C=N–C) groups is 1. The van der Waals surface area contributed by atoms with Crippen LogP contribution in [0, 0.1) is 5.92 Å². The Morgan fingerprint density at radius 3 is 2.72 bits per heavy atom. The Hall–Kier alpha value is -1.01. The third-order valence-corrected chi connectivity index (χ3v) is 4.80. The van der Waals surface area contributed by atoms with Crippen molar-refractivity contribution in [2.75, 3.05) is 46.6 Å². The molecule has 1 aliphatic heterocycles. The molecule has 0 aromatic heterocycles. The molecule has 2 N–H and O–H groups in total. The number of hydrogen-bond acceptors (Lipinski definition) is 3. The van der Waals surface area contributed by atoms with E-state index in [1.54, 1.807) is 7.05 Å². The van der Waals surface area contributed by atoms with Gasteiger partial charge >= 0.3 is 0 Å². The Morgan fingerprint density at radius 1 is 1.28 bits per heavy atom. The van der Waals surface area contributed by atoms with Gasteiger partial charge in [-0.2, -0.15) is 0 Å². The smallest absolute Gasteiger partial charge is 0.190 e. The molecular weight excluding hydrogens is 361 g/mol. The van der Waals surface area contributed by atoms with Gasteiger partial charge in [-0.3, -0.25) is 4.99 Å². The Labute approximate surface area is 160 Å². The monoisotopic (exact) mass is 387 g/mol. The average molecular weight is 388 g/mol. The third-order valence-electron chi connectivity index (χ3n) is 4.09. The maximum Gasteiger partial charge on any atom is 0.190 e. The highest BCUT2D eigenvalue weighted by molar-refractivity contribution is 6.35.